The summed E-state index contributed by atoms with van der Waals surface area (Å²) in [5.74, 6) is -1.67. The van der Waals surface area contributed by atoms with Gasteiger partial charge in [-0.05, 0) is 30.2 Å². The van der Waals surface area contributed by atoms with Gasteiger partial charge in [0.25, 0.3) is 0 Å². The first kappa shape index (κ1) is 12.8. The van der Waals surface area contributed by atoms with Crippen molar-refractivity contribution in [1.29, 1.82) is 0 Å². The van der Waals surface area contributed by atoms with Gasteiger partial charge in [-0.3, -0.25) is 0 Å². The Bertz CT molecular complexity index is 395. The van der Waals surface area contributed by atoms with E-state index in [1.807, 2.05) is 0 Å². The number of phenols is 1. The molecule has 0 aliphatic heterocycles. The number of phenolic OH excluding ortho intramolecular Hbond substituents is 1. The molecule has 0 bridgehead atoms. The van der Waals surface area contributed by atoms with Gasteiger partial charge in [-0.15, -0.1) is 0 Å². The number of aromatic hydroxyl groups is 1. The number of halogens is 1. The Balaban J connectivity index is 3.10. The Labute approximate surface area is 96.5 Å². The smallest absolute Gasteiger partial charge is 0.335 e. The van der Waals surface area contributed by atoms with Crippen LogP contribution in [0.25, 0.3) is 0 Å². The number of rotatable bonds is 3. The number of aliphatic hydroxyl groups is 2. The average Bonchev–Trinajstić information content (AvgIpc) is 2.22. The summed E-state index contributed by atoms with van der Waals surface area (Å²) in [7, 11) is 0. The lowest BCUT2D eigenvalue weighted by molar-refractivity contribution is -0.153. The molecule has 0 saturated heterocycles. The fourth-order valence-corrected chi connectivity index (χ4v) is 1.53. The van der Waals surface area contributed by atoms with Crippen LogP contribution < -0.4 is 0 Å². The number of hydrogen-bond donors (Lipinski definition) is 4. The molecule has 4 N–H and O–H groups in total. The van der Waals surface area contributed by atoms with Crippen LogP contribution in [0.3, 0.4) is 0 Å². The van der Waals surface area contributed by atoms with Gasteiger partial charge in [0.05, 0.1) is 5.02 Å². The van der Waals surface area contributed by atoms with E-state index in [2.05, 4.69) is 0 Å². The van der Waals surface area contributed by atoms with E-state index < -0.39 is 18.2 Å². The minimum Gasteiger partial charge on any atom is -0.506 e. The topological polar surface area (TPSA) is 98.0 Å². The minimum absolute atomic E-state index is 0.00774. The van der Waals surface area contributed by atoms with E-state index in [0.29, 0.717) is 5.56 Å². The minimum atomic E-state index is -1.93. The van der Waals surface area contributed by atoms with Crippen LogP contribution in [-0.4, -0.2) is 32.5 Å². The first-order chi connectivity index (χ1) is 7.34. The van der Waals surface area contributed by atoms with Crippen LogP contribution >= 0.6 is 11.6 Å². The standard InChI is InChI=1S/C10H11ClO5/c1-4-2-5(3-6(11)7(4)12)8(13)9(14)10(15)16/h2-3,8-9,12-14H,1H3,(H,15,16). The zero-order valence-corrected chi connectivity index (χ0v) is 9.14. The van der Waals surface area contributed by atoms with E-state index in [1.165, 1.54) is 12.1 Å². The van der Waals surface area contributed by atoms with Crippen LogP contribution in [0.1, 0.15) is 17.2 Å². The number of carbonyl (C=O) groups is 1. The molecule has 0 aromatic heterocycles. The quantitative estimate of drug-likeness (QED) is 0.633. The molecule has 5 nitrogen and oxygen atoms in total. The number of benzene rings is 1. The van der Waals surface area contributed by atoms with Crippen molar-refractivity contribution >= 4 is 17.6 Å². The normalized spacial score (nSPS) is 14.5. The van der Waals surface area contributed by atoms with Gasteiger partial charge in [0.2, 0.25) is 0 Å². The van der Waals surface area contributed by atoms with Crippen LogP contribution in [-0.2, 0) is 4.79 Å². The van der Waals surface area contributed by atoms with Gasteiger partial charge < -0.3 is 20.4 Å². The van der Waals surface area contributed by atoms with Crippen LogP contribution in [0.4, 0.5) is 0 Å². The lowest BCUT2D eigenvalue weighted by Gasteiger charge is -2.15. The van der Waals surface area contributed by atoms with E-state index in [1.54, 1.807) is 6.92 Å². The summed E-state index contributed by atoms with van der Waals surface area (Å²) < 4.78 is 0. The Morgan fingerprint density at radius 3 is 2.38 bits per heavy atom. The molecule has 6 heteroatoms. The lowest BCUT2D eigenvalue weighted by atomic mass is 10.0. The molecular weight excluding hydrogens is 236 g/mol. The third-order valence-corrected chi connectivity index (χ3v) is 2.46. The second kappa shape index (κ2) is 4.69. The number of aliphatic carboxylic acids is 1. The number of hydrogen-bond acceptors (Lipinski definition) is 4. The van der Waals surface area contributed by atoms with Gasteiger partial charge in [0, 0.05) is 0 Å². The third-order valence-electron chi connectivity index (χ3n) is 2.17. The number of carboxylic acids is 1. The second-order valence-electron chi connectivity index (χ2n) is 3.40. The van der Waals surface area contributed by atoms with Crippen LogP contribution in [0.15, 0.2) is 12.1 Å². The van der Waals surface area contributed by atoms with Gasteiger partial charge >= 0.3 is 5.97 Å². The summed E-state index contributed by atoms with van der Waals surface area (Å²) in [6.07, 6.45) is -3.52. The predicted molar refractivity (Wildman–Crippen MR) is 56.5 cm³/mol. The summed E-state index contributed by atoms with van der Waals surface area (Å²) in [4.78, 5) is 10.5. The fourth-order valence-electron chi connectivity index (χ4n) is 1.25. The van der Waals surface area contributed by atoms with E-state index in [4.69, 9.17) is 21.8 Å². The maximum absolute atomic E-state index is 10.5. The van der Waals surface area contributed by atoms with Crippen LogP contribution in [0.5, 0.6) is 5.75 Å². The number of aliphatic hydroxyl groups excluding tert-OH is 2. The molecule has 1 aromatic carbocycles. The van der Waals surface area contributed by atoms with Crippen molar-refractivity contribution in [2.75, 3.05) is 0 Å². The van der Waals surface area contributed by atoms with Crippen molar-refractivity contribution < 1.29 is 25.2 Å². The fraction of sp³-hybridized carbons (Fsp3) is 0.300. The van der Waals surface area contributed by atoms with E-state index >= 15 is 0 Å². The molecule has 88 valence electrons. The van der Waals surface area contributed by atoms with Gasteiger partial charge in [-0.25, -0.2) is 4.79 Å². The van der Waals surface area contributed by atoms with Crippen molar-refractivity contribution in [3.8, 4) is 5.75 Å². The van der Waals surface area contributed by atoms with Gasteiger partial charge in [-0.2, -0.15) is 0 Å². The summed E-state index contributed by atoms with van der Waals surface area (Å²) in [6, 6.07) is 2.57. The van der Waals surface area contributed by atoms with Crippen LogP contribution in [0, 0.1) is 6.92 Å². The molecule has 1 rings (SSSR count). The Morgan fingerprint density at radius 2 is 1.94 bits per heavy atom. The molecule has 0 aliphatic rings. The molecule has 2 unspecified atom stereocenters. The maximum Gasteiger partial charge on any atom is 0.335 e. The highest BCUT2D eigenvalue weighted by Crippen LogP contribution is 2.31. The molecule has 0 fully saturated rings. The van der Waals surface area contributed by atoms with Crippen molar-refractivity contribution in [3.05, 3.63) is 28.3 Å². The van der Waals surface area contributed by atoms with Crippen molar-refractivity contribution in [2.24, 2.45) is 0 Å². The highest BCUT2D eigenvalue weighted by atomic mass is 35.5. The second-order valence-corrected chi connectivity index (χ2v) is 3.80. The van der Waals surface area contributed by atoms with E-state index in [0.717, 1.165) is 0 Å². The molecular formula is C10H11ClO5. The lowest BCUT2D eigenvalue weighted by Crippen LogP contribution is -2.27. The summed E-state index contributed by atoms with van der Waals surface area (Å²) in [5, 5.41) is 36.5. The largest absolute Gasteiger partial charge is 0.506 e. The number of carboxylic acid groups (broad SMARTS) is 1. The number of aryl methyl sites for hydroxylation is 1. The molecule has 0 spiro atoms. The predicted octanol–water partition coefficient (Wildman–Crippen LogP) is 0.833. The van der Waals surface area contributed by atoms with E-state index in [-0.39, 0.29) is 16.3 Å². The van der Waals surface area contributed by atoms with Crippen LogP contribution in [0.2, 0.25) is 5.02 Å². The first-order valence-electron chi connectivity index (χ1n) is 4.42. The monoisotopic (exact) mass is 246 g/mol. The summed E-state index contributed by atoms with van der Waals surface area (Å²) >= 11 is 5.66. The van der Waals surface area contributed by atoms with Crippen molar-refractivity contribution in [1.82, 2.24) is 0 Å². The maximum atomic E-state index is 10.5. The first-order valence-corrected chi connectivity index (χ1v) is 4.80. The molecule has 2 atom stereocenters. The molecule has 0 amide bonds. The zero-order valence-electron chi connectivity index (χ0n) is 8.38. The Hall–Kier alpha value is -1.30. The van der Waals surface area contributed by atoms with Gasteiger partial charge in [0.15, 0.2) is 6.10 Å². The third kappa shape index (κ3) is 2.44. The molecule has 0 aliphatic carbocycles. The summed E-state index contributed by atoms with van der Waals surface area (Å²) in [5.41, 5.74) is 0.523. The van der Waals surface area contributed by atoms with Gasteiger partial charge in [0.1, 0.15) is 11.9 Å². The zero-order chi connectivity index (χ0) is 12.5. The molecule has 0 heterocycles. The molecule has 0 radical (unpaired) electrons. The van der Waals surface area contributed by atoms with Crippen molar-refractivity contribution in [2.45, 2.75) is 19.1 Å². The van der Waals surface area contributed by atoms with Crippen molar-refractivity contribution in [3.63, 3.8) is 0 Å². The summed E-state index contributed by atoms with van der Waals surface area (Å²) in [6.45, 7) is 1.55. The van der Waals surface area contributed by atoms with Gasteiger partial charge in [-0.1, -0.05) is 11.6 Å². The Morgan fingerprint density at radius 1 is 1.38 bits per heavy atom. The molecule has 1 aromatic rings. The molecule has 16 heavy (non-hydrogen) atoms. The molecule has 0 saturated carbocycles. The highest BCUT2D eigenvalue weighted by molar-refractivity contribution is 6.32. The highest BCUT2D eigenvalue weighted by Gasteiger charge is 2.26. The average molecular weight is 247 g/mol. The SMILES string of the molecule is Cc1cc(C(O)C(O)C(=O)O)cc(Cl)c1O. The Kier molecular flexibility index (Phi) is 3.74. The van der Waals surface area contributed by atoms with E-state index in [9.17, 15) is 15.0 Å².